The smallest absolute Gasteiger partial charge is 0.316 e. The summed E-state index contributed by atoms with van der Waals surface area (Å²) in [5.74, 6) is -0.377. The molecule has 31 heavy (non-hydrogen) atoms. The maximum absolute atomic E-state index is 12.7. The van der Waals surface area contributed by atoms with E-state index >= 15 is 0 Å². The van der Waals surface area contributed by atoms with Gasteiger partial charge in [-0.15, -0.1) is 0 Å². The van der Waals surface area contributed by atoms with E-state index in [2.05, 4.69) is 33.1 Å². The first-order valence-corrected chi connectivity index (χ1v) is 10.3. The second kappa shape index (κ2) is 9.71. The zero-order chi connectivity index (χ0) is 21.5. The number of aliphatic imine (C=N–C) groups is 1. The minimum atomic E-state index is -1.03. The molecule has 1 aliphatic rings. The number of carbonyl (C=O) groups is 2. The summed E-state index contributed by atoms with van der Waals surface area (Å²) in [5.41, 5.74) is 4.24. The number of hydrogen-bond acceptors (Lipinski definition) is 3. The van der Waals surface area contributed by atoms with E-state index in [9.17, 15) is 9.59 Å². The zero-order valence-electron chi connectivity index (χ0n) is 17.0. The Balaban J connectivity index is 1.45. The number of rotatable bonds is 6. The standard InChI is InChI=1S/C25H24N4O2/c30-24-23(29-25(31)26-17-9-12-18-10-3-1-4-11-18)28-22(19-13-5-2-6-14-19)20-15-7-8-16-21(20)27-24/h1-8,10-11,13-16,23H,9,12,17H2,(H,27,30)(H2,26,29,31). The average molecular weight is 412 g/mol. The summed E-state index contributed by atoms with van der Waals surface area (Å²) in [4.78, 5) is 29.8. The van der Waals surface area contributed by atoms with Gasteiger partial charge < -0.3 is 16.0 Å². The maximum atomic E-state index is 12.7. The van der Waals surface area contributed by atoms with Crippen LogP contribution in [0.5, 0.6) is 0 Å². The molecule has 1 atom stereocenters. The molecule has 0 fully saturated rings. The molecular formula is C25H24N4O2. The van der Waals surface area contributed by atoms with Gasteiger partial charge in [0.15, 0.2) is 0 Å². The predicted octanol–water partition coefficient (Wildman–Crippen LogP) is 3.73. The van der Waals surface area contributed by atoms with Crippen molar-refractivity contribution in [3.8, 4) is 0 Å². The minimum Gasteiger partial charge on any atom is -0.338 e. The highest BCUT2D eigenvalue weighted by atomic mass is 16.2. The van der Waals surface area contributed by atoms with Crippen LogP contribution in [0.1, 0.15) is 23.1 Å². The first-order chi connectivity index (χ1) is 15.2. The highest BCUT2D eigenvalue weighted by Crippen LogP contribution is 2.23. The van der Waals surface area contributed by atoms with Crippen LogP contribution in [0.4, 0.5) is 10.5 Å². The fraction of sp³-hybridized carbons (Fsp3) is 0.160. The van der Waals surface area contributed by atoms with E-state index in [1.807, 2.05) is 72.8 Å². The SMILES string of the molecule is O=C(NCCCc1ccccc1)NC1N=C(c2ccccc2)c2ccccc2NC1=O. The molecule has 0 bridgehead atoms. The summed E-state index contributed by atoms with van der Waals surface area (Å²) in [5, 5.41) is 8.38. The van der Waals surface area contributed by atoms with Crippen LogP contribution in [-0.4, -0.2) is 30.4 Å². The monoisotopic (exact) mass is 412 g/mol. The van der Waals surface area contributed by atoms with Crippen molar-refractivity contribution in [2.45, 2.75) is 19.0 Å². The van der Waals surface area contributed by atoms with Gasteiger partial charge in [0.05, 0.1) is 11.4 Å². The van der Waals surface area contributed by atoms with Crippen molar-refractivity contribution in [3.63, 3.8) is 0 Å². The Morgan fingerprint density at radius 2 is 1.58 bits per heavy atom. The fourth-order valence-corrected chi connectivity index (χ4v) is 3.50. The number of fused-ring (bicyclic) bond motifs is 1. The van der Waals surface area contributed by atoms with Crippen LogP contribution in [0.15, 0.2) is 89.9 Å². The van der Waals surface area contributed by atoms with Crippen LogP contribution in [0.3, 0.4) is 0 Å². The number of anilines is 1. The zero-order valence-corrected chi connectivity index (χ0v) is 17.0. The lowest BCUT2D eigenvalue weighted by molar-refractivity contribution is -0.117. The van der Waals surface area contributed by atoms with Crippen LogP contribution in [-0.2, 0) is 11.2 Å². The van der Waals surface area contributed by atoms with Crippen LogP contribution in [0.2, 0.25) is 0 Å². The van der Waals surface area contributed by atoms with Gasteiger partial charge in [0.25, 0.3) is 5.91 Å². The van der Waals surface area contributed by atoms with E-state index in [-0.39, 0.29) is 5.91 Å². The highest BCUT2D eigenvalue weighted by molar-refractivity contribution is 6.19. The van der Waals surface area contributed by atoms with E-state index in [1.54, 1.807) is 0 Å². The number of urea groups is 1. The van der Waals surface area contributed by atoms with Gasteiger partial charge in [-0.3, -0.25) is 4.79 Å². The summed E-state index contributed by atoms with van der Waals surface area (Å²) in [6.07, 6.45) is 0.645. The van der Waals surface area contributed by atoms with Gasteiger partial charge in [0.1, 0.15) is 0 Å². The topological polar surface area (TPSA) is 82.6 Å². The number of amides is 3. The molecule has 1 heterocycles. The van der Waals surface area contributed by atoms with Gasteiger partial charge in [-0.05, 0) is 24.5 Å². The molecule has 4 rings (SSSR count). The molecule has 0 aromatic heterocycles. The second-order valence-corrected chi connectivity index (χ2v) is 7.27. The Morgan fingerprint density at radius 3 is 2.35 bits per heavy atom. The average Bonchev–Trinajstić information content (AvgIpc) is 2.94. The molecule has 3 amide bonds. The minimum absolute atomic E-state index is 0.377. The van der Waals surface area contributed by atoms with Gasteiger partial charge in [-0.25, -0.2) is 9.79 Å². The number of hydrogen-bond donors (Lipinski definition) is 3. The third-order valence-electron chi connectivity index (χ3n) is 5.03. The van der Waals surface area contributed by atoms with Crippen LogP contribution < -0.4 is 16.0 Å². The number of nitrogens with one attached hydrogen (secondary N) is 3. The Kier molecular flexibility index (Phi) is 6.38. The van der Waals surface area contributed by atoms with Crippen molar-refractivity contribution in [2.75, 3.05) is 11.9 Å². The van der Waals surface area contributed by atoms with E-state index in [1.165, 1.54) is 5.56 Å². The number of carbonyl (C=O) groups excluding carboxylic acids is 2. The maximum Gasteiger partial charge on any atom is 0.316 e. The number of nitrogens with zero attached hydrogens (tertiary/aromatic N) is 1. The first-order valence-electron chi connectivity index (χ1n) is 10.3. The van der Waals surface area contributed by atoms with Crippen molar-refractivity contribution in [2.24, 2.45) is 4.99 Å². The number of para-hydroxylation sites is 1. The lowest BCUT2D eigenvalue weighted by atomic mass is 10.0. The largest absolute Gasteiger partial charge is 0.338 e. The number of benzene rings is 3. The van der Waals surface area contributed by atoms with Gasteiger partial charge >= 0.3 is 6.03 Å². The highest BCUT2D eigenvalue weighted by Gasteiger charge is 2.26. The van der Waals surface area contributed by atoms with Crippen molar-refractivity contribution in [3.05, 3.63) is 102 Å². The van der Waals surface area contributed by atoms with Crippen LogP contribution in [0.25, 0.3) is 0 Å². The van der Waals surface area contributed by atoms with Crippen molar-refractivity contribution >= 4 is 23.3 Å². The molecule has 0 aliphatic carbocycles. The Hall–Kier alpha value is -3.93. The van der Waals surface area contributed by atoms with Crippen LogP contribution >= 0.6 is 0 Å². The quantitative estimate of drug-likeness (QED) is 0.539. The molecule has 0 radical (unpaired) electrons. The Morgan fingerprint density at radius 1 is 0.903 bits per heavy atom. The lowest BCUT2D eigenvalue weighted by Gasteiger charge is -2.14. The molecule has 0 saturated carbocycles. The molecule has 6 heteroatoms. The number of aryl methyl sites for hydroxylation is 1. The molecular weight excluding hydrogens is 388 g/mol. The third-order valence-corrected chi connectivity index (χ3v) is 5.03. The summed E-state index contributed by atoms with van der Waals surface area (Å²) in [6, 6.07) is 26.8. The summed E-state index contributed by atoms with van der Waals surface area (Å²) >= 11 is 0. The fourth-order valence-electron chi connectivity index (χ4n) is 3.50. The molecule has 3 aromatic rings. The molecule has 0 saturated heterocycles. The van der Waals surface area contributed by atoms with Crippen molar-refractivity contribution < 1.29 is 9.59 Å². The summed E-state index contributed by atoms with van der Waals surface area (Å²) in [6.45, 7) is 0.505. The normalized spacial score (nSPS) is 15.2. The third kappa shape index (κ3) is 5.17. The second-order valence-electron chi connectivity index (χ2n) is 7.27. The van der Waals surface area contributed by atoms with Gasteiger partial charge in [0.2, 0.25) is 6.17 Å². The molecule has 156 valence electrons. The molecule has 6 nitrogen and oxygen atoms in total. The lowest BCUT2D eigenvalue weighted by Crippen LogP contribution is -2.47. The van der Waals surface area contributed by atoms with E-state index in [0.717, 1.165) is 24.0 Å². The van der Waals surface area contributed by atoms with Crippen molar-refractivity contribution in [1.29, 1.82) is 0 Å². The summed E-state index contributed by atoms with van der Waals surface area (Å²) in [7, 11) is 0. The molecule has 1 aliphatic heterocycles. The van der Waals surface area contributed by atoms with Gasteiger partial charge in [0, 0.05) is 17.7 Å². The predicted molar refractivity (Wildman–Crippen MR) is 122 cm³/mol. The Labute approximate surface area is 181 Å². The van der Waals surface area contributed by atoms with Gasteiger partial charge in [-0.1, -0.05) is 78.9 Å². The first kappa shape index (κ1) is 20.3. The Bertz CT molecular complexity index is 1080. The van der Waals surface area contributed by atoms with E-state index in [4.69, 9.17) is 0 Å². The molecule has 3 N–H and O–H groups in total. The van der Waals surface area contributed by atoms with Crippen LogP contribution in [0, 0.1) is 0 Å². The molecule has 3 aromatic carbocycles. The molecule has 1 unspecified atom stereocenters. The van der Waals surface area contributed by atoms with E-state index < -0.39 is 12.2 Å². The van der Waals surface area contributed by atoms with E-state index in [0.29, 0.717) is 17.9 Å². The molecule has 0 spiro atoms. The number of benzodiazepines with no additional fused rings is 1. The summed E-state index contributed by atoms with van der Waals surface area (Å²) < 4.78 is 0. The van der Waals surface area contributed by atoms with Crippen molar-refractivity contribution in [1.82, 2.24) is 10.6 Å². The van der Waals surface area contributed by atoms with Gasteiger partial charge in [-0.2, -0.15) is 0 Å².